The van der Waals surface area contributed by atoms with Gasteiger partial charge >= 0.3 is 0 Å². The predicted octanol–water partition coefficient (Wildman–Crippen LogP) is -2.36. The molecular weight excluding hydrogens is 386 g/mol. The third-order valence-corrected chi connectivity index (χ3v) is 4.58. The number of carbonyl (C=O) groups excluding carboxylic acids is 1. The molecule has 0 bridgehead atoms. The van der Waals surface area contributed by atoms with Crippen LogP contribution in [0.2, 0.25) is 0 Å². The van der Waals surface area contributed by atoms with Gasteiger partial charge in [-0.05, 0) is 12.8 Å². The van der Waals surface area contributed by atoms with Crippen molar-refractivity contribution in [3.05, 3.63) is 12.7 Å². The third kappa shape index (κ3) is 4.77. The summed E-state index contributed by atoms with van der Waals surface area (Å²) in [6.45, 7) is 0.511. The van der Waals surface area contributed by atoms with Crippen molar-refractivity contribution in [2.75, 3.05) is 31.6 Å². The molecule has 1 amide bonds. The zero-order chi connectivity index (χ0) is 20.8. The molecule has 29 heavy (non-hydrogen) atoms. The smallest absolute Gasteiger partial charge is 0.248 e. The number of nitrogens with two attached hydrogens (primary N) is 1. The Morgan fingerprint density at radius 2 is 2.03 bits per heavy atom. The van der Waals surface area contributed by atoms with Crippen molar-refractivity contribution in [3.8, 4) is 0 Å². The van der Waals surface area contributed by atoms with Crippen LogP contribution in [0.1, 0.15) is 19.1 Å². The summed E-state index contributed by atoms with van der Waals surface area (Å²) >= 11 is 0. The molecule has 3 heterocycles. The van der Waals surface area contributed by atoms with E-state index in [-0.39, 0.29) is 12.5 Å². The molecule has 3 rings (SSSR count). The Hall–Kier alpha value is -2.42. The maximum Gasteiger partial charge on any atom is 0.248 e. The average molecular weight is 411 g/mol. The number of carbonyl (C=O) groups is 1. The maximum absolute atomic E-state index is 11.2. The highest BCUT2D eigenvalue weighted by molar-refractivity contribution is 5.82. The molecule has 2 aromatic heterocycles. The van der Waals surface area contributed by atoms with Crippen LogP contribution in [0, 0.1) is 0 Å². The Morgan fingerprint density at radius 3 is 2.76 bits per heavy atom. The van der Waals surface area contributed by atoms with Gasteiger partial charge in [0.2, 0.25) is 5.91 Å². The van der Waals surface area contributed by atoms with E-state index in [0.29, 0.717) is 30.1 Å². The molecule has 0 aromatic carbocycles. The Balaban J connectivity index is 1.58. The number of imidazole rings is 1. The number of hydrogen-bond acceptors (Lipinski definition) is 11. The van der Waals surface area contributed by atoms with Crippen molar-refractivity contribution < 1.29 is 29.7 Å². The number of aliphatic hydroxyl groups is 3. The highest BCUT2D eigenvalue weighted by Crippen LogP contribution is 2.32. The fourth-order valence-electron chi connectivity index (χ4n) is 3.09. The molecule has 1 aliphatic rings. The van der Waals surface area contributed by atoms with Crippen molar-refractivity contribution in [2.24, 2.45) is 5.90 Å². The van der Waals surface area contributed by atoms with Gasteiger partial charge in [0.05, 0.1) is 12.9 Å². The number of nitrogens with one attached hydrogen (secondary N) is 2. The summed E-state index contributed by atoms with van der Waals surface area (Å²) in [6.07, 6.45) is 0.0746. The lowest BCUT2D eigenvalue weighted by Gasteiger charge is -2.16. The van der Waals surface area contributed by atoms with E-state index >= 15 is 0 Å². The fourth-order valence-corrected chi connectivity index (χ4v) is 3.09. The molecule has 0 unspecified atom stereocenters. The van der Waals surface area contributed by atoms with E-state index < -0.39 is 31.1 Å². The van der Waals surface area contributed by atoms with E-state index in [1.165, 1.54) is 17.2 Å². The highest BCUT2D eigenvalue weighted by Gasteiger charge is 2.44. The molecule has 1 fully saturated rings. The predicted molar refractivity (Wildman–Crippen MR) is 99.2 cm³/mol. The molecule has 160 valence electrons. The Kier molecular flexibility index (Phi) is 7.24. The zero-order valence-electron chi connectivity index (χ0n) is 15.6. The molecular formula is C16H25N7O6. The lowest BCUT2D eigenvalue weighted by Crippen LogP contribution is -2.33. The molecule has 0 aliphatic carbocycles. The van der Waals surface area contributed by atoms with Crippen LogP contribution in [0.15, 0.2) is 12.7 Å². The molecule has 1 aliphatic heterocycles. The lowest BCUT2D eigenvalue weighted by atomic mass is 10.1. The zero-order valence-corrected chi connectivity index (χ0v) is 15.6. The van der Waals surface area contributed by atoms with Crippen molar-refractivity contribution in [3.63, 3.8) is 0 Å². The van der Waals surface area contributed by atoms with Crippen molar-refractivity contribution in [1.82, 2.24) is 24.8 Å². The average Bonchev–Trinajstić information content (AvgIpc) is 3.26. The summed E-state index contributed by atoms with van der Waals surface area (Å²) in [5, 5.41) is 35.3. The number of ether oxygens (including phenoxy) is 1. The SMILES string of the molecule is NOCC(=O)NCCCCNc1ncnc2c1ncn2[C@@H]1O[C@H](CO)[C@@H](O)[C@H]1O. The van der Waals surface area contributed by atoms with Crippen LogP contribution in [0.25, 0.3) is 11.2 Å². The first kappa shape index (κ1) is 21.3. The van der Waals surface area contributed by atoms with Crippen LogP contribution in [-0.4, -0.2) is 85.4 Å². The largest absolute Gasteiger partial charge is 0.394 e. The molecule has 0 spiro atoms. The molecule has 0 radical (unpaired) electrons. The van der Waals surface area contributed by atoms with E-state index in [1.54, 1.807) is 0 Å². The number of nitrogens with zero attached hydrogens (tertiary/aromatic N) is 4. The number of rotatable bonds is 10. The second kappa shape index (κ2) is 9.87. The number of aromatic nitrogens is 4. The number of amides is 1. The van der Waals surface area contributed by atoms with Crippen LogP contribution >= 0.6 is 0 Å². The molecule has 1 saturated heterocycles. The van der Waals surface area contributed by atoms with E-state index in [0.717, 1.165) is 12.8 Å². The Morgan fingerprint density at radius 1 is 1.24 bits per heavy atom. The van der Waals surface area contributed by atoms with Gasteiger partial charge in [0, 0.05) is 13.1 Å². The summed E-state index contributed by atoms with van der Waals surface area (Å²) in [4.78, 5) is 28.1. The number of fused-ring (bicyclic) bond motifs is 1. The summed E-state index contributed by atoms with van der Waals surface area (Å²) < 4.78 is 7.03. The van der Waals surface area contributed by atoms with Crippen molar-refractivity contribution >= 4 is 22.9 Å². The van der Waals surface area contributed by atoms with E-state index in [9.17, 15) is 20.1 Å². The first-order chi connectivity index (χ1) is 14.1. The maximum atomic E-state index is 11.2. The fraction of sp³-hybridized carbons (Fsp3) is 0.625. The van der Waals surface area contributed by atoms with E-state index in [2.05, 4.69) is 30.4 Å². The Labute approximate surface area is 165 Å². The van der Waals surface area contributed by atoms with Gasteiger partial charge in [0.15, 0.2) is 23.2 Å². The molecule has 2 aromatic rings. The summed E-state index contributed by atoms with van der Waals surface area (Å²) in [7, 11) is 0. The van der Waals surface area contributed by atoms with Gasteiger partial charge in [-0.25, -0.2) is 20.8 Å². The second-order valence-corrected chi connectivity index (χ2v) is 6.57. The number of hydrogen-bond donors (Lipinski definition) is 6. The van der Waals surface area contributed by atoms with Gasteiger partial charge in [-0.3, -0.25) is 14.2 Å². The normalized spacial score (nSPS) is 24.1. The van der Waals surface area contributed by atoms with Gasteiger partial charge in [0.1, 0.15) is 31.2 Å². The van der Waals surface area contributed by atoms with Crippen molar-refractivity contribution in [1.29, 1.82) is 0 Å². The van der Waals surface area contributed by atoms with Crippen LogP contribution in [0.3, 0.4) is 0 Å². The molecule has 7 N–H and O–H groups in total. The number of unbranched alkanes of at least 4 members (excludes halogenated alkanes) is 1. The molecule has 0 saturated carbocycles. The van der Waals surface area contributed by atoms with E-state index in [1.807, 2.05) is 0 Å². The molecule has 13 heteroatoms. The lowest BCUT2D eigenvalue weighted by molar-refractivity contribution is -0.125. The quantitative estimate of drug-likeness (QED) is 0.181. The first-order valence-corrected chi connectivity index (χ1v) is 9.19. The van der Waals surface area contributed by atoms with Gasteiger partial charge in [-0.15, -0.1) is 0 Å². The monoisotopic (exact) mass is 411 g/mol. The van der Waals surface area contributed by atoms with Crippen LogP contribution in [0.4, 0.5) is 5.82 Å². The minimum Gasteiger partial charge on any atom is -0.394 e. The second-order valence-electron chi connectivity index (χ2n) is 6.57. The minimum atomic E-state index is -1.23. The van der Waals surface area contributed by atoms with Crippen molar-refractivity contribution in [2.45, 2.75) is 37.4 Å². The molecule has 13 nitrogen and oxygen atoms in total. The topological polar surface area (TPSA) is 190 Å². The van der Waals surface area contributed by atoms with Gasteiger partial charge in [-0.1, -0.05) is 0 Å². The first-order valence-electron chi connectivity index (χ1n) is 9.19. The van der Waals surface area contributed by atoms with Crippen LogP contribution in [-0.2, 0) is 14.4 Å². The molecule has 4 atom stereocenters. The highest BCUT2D eigenvalue weighted by atomic mass is 16.6. The van der Waals surface area contributed by atoms with Crippen LogP contribution < -0.4 is 16.5 Å². The standard InChI is InChI=1S/C16H25N7O6/c17-28-6-10(25)18-3-1-2-4-19-14-11-15(21-7-20-14)23(8-22-11)16-13(27)12(26)9(5-24)29-16/h7-9,12-13,16,24,26-27H,1-6,17H2,(H,18,25)(H,19,20,21)/t9-,12-,13-,16-/m1/s1. The van der Waals surface area contributed by atoms with Gasteiger partial charge in [-0.2, -0.15) is 0 Å². The summed E-state index contributed by atoms with van der Waals surface area (Å²) in [5.74, 6) is 5.07. The van der Waals surface area contributed by atoms with Gasteiger partial charge < -0.3 is 30.7 Å². The minimum absolute atomic E-state index is 0.171. The summed E-state index contributed by atoms with van der Waals surface area (Å²) in [6, 6.07) is 0. The number of anilines is 1. The van der Waals surface area contributed by atoms with Crippen LogP contribution in [0.5, 0.6) is 0 Å². The van der Waals surface area contributed by atoms with Gasteiger partial charge in [0.25, 0.3) is 0 Å². The third-order valence-electron chi connectivity index (χ3n) is 4.58. The number of aliphatic hydroxyl groups excluding tert-OH is 3. The van der Waals surface area contributed by atoms with E-state index in [4.69, 9.17) is 10.6 Å². The summed E-state index contributed by atoms with van der Waals surface area (Å²) in [5.41, 5.74) is 0.907. The Bertz CT molecular complexity index is 818.